The Labute approximate surface area is 111 Å². The molecule has 0 rings (SSSR count). The molecule has 0 fully saturated rings. The Morgan fingerprint density at radius 1 is 0.750 bits per heavy atom. The van der Waals surface area contributed by atoms with Gasteiger partial charge >= 0.3 is 48.9 Å². The molecular weight excluding hydrogens is 281 g/mol. The van der Waals surface area contributed by atoms with E-state index in [1.54, 1.807) is 0 Å². The maximum Gasteiger partial charge on any atom is 2.00 e. The van der Waals surface area contributed by atoms with Crippen molar-refractivity contribution in [1.82, 2.24) is 4.90 Å². The molecule has 6 nitrogen and oxygen atoms in total. The summed E-state index contributed by atoms with van der Waals surface area (Å²) >= 11 is 0. The molecule has 0 amide bonds. The molecule has 0 bridgehead atoms. The van der Waals surface area contributed by atoms with E-state index in [0.717, 1.165) is 0 Å². The van der Waals surface area contributed by atoms with Crippen LogP contribution in [0.5, 0.6) is 0 Å². The van der Waals surface area contributed by atoms with Crippen molar-refractivity contribution in [1.29, 1.82) is 26.3 Å². The summed E-state index contributed by atoms with van der Waals surface area (Å²) in [6, 6.07) is 0. The van der Waals surface area contributed by atoms with Gasteiger partial charge in [-0.15, -0.1) is 4.90 Å². The van der Waals surface area contributed by atoms with Gasteiger partial charge in [0.05, 0.1) is 0 Å². The van der Waals surface area contributed by atoms with Crippen molar-refractivity contribution in [3.05, 3.63) is 13.1 Å². The van der Waals surface area contributed by atoms with Gasteiger partial charge in [0.1, 0.15) is 0 Å². The summed E-state index contributed by atoms with van der Waals surface area (Å²) in [7, 11) is 0. The quantitative estimate of drug-likeness (QED) is 0.256. The second kappa shape index (κ2) is 32.9. The van der Waals surface area contributed by atoms with Crippen LogP contribution in [-0.4, -0.2) is 53.8 Å². The summed E-state index contributed by atoms with van der Waals surface area (Å²) in [5.41, 5.74) is 0. The first-order chi connectivity index (χ1) is 5.35. The van der Waals surface area contributed by atoms with Crippen LogP contribution in [0.1, 0.15) is 0 Å². The molecular formula is C5BaN6. The minimum absolute atomic E-state index is 0. The van der Waals surface area contributed by atoms with Crippen LogP contribution in [0.3, 0.4) is 0 Å². The Balaban J connectivity index is -0.0000000560. The Morgan fingerprint density at radius 3 is 0.917 bits per heavy atom. The summed E-state index contributed by atoms with van der Waals surface area (Å²) in [6.45, 7) is 9.50. The van der Waals surface area contributed by atoms with Gasteiger partial charge in [0.15, 0.2) is 0 Å². The standard InChI is InChI=1S/C3N4.2CN.Ba/c4-1-7(2-5)3-6;2*1-2;/q;2*-1;+2. The Hall–Kier alpha value is -1.18. The third kappa shape index (κ3) is 23.2. The van der Waals surface area contributed by atoms with Crippen molar-refractivity contribution in [3.8, 4) is 18.6 Å². The molecule has 0 aromatic carbocycles. The van der Waals surface area contributed by atoms with Crippen molar-refractivity contribution in [3.63, 3.8) is 0 Å². The number of nitrogens with zero attached hydrogens (tertiary/aromatic N) is 6. The maximum absolute atomic E-state index is 7.76. The summed E-state index contributed by atoms with van der Waals surface area (Å²) in [5.74, 6) is 0. The van der Waals surface area contributed by atoms with Gasteiger partial charge in [-0.25, -0.2) is 0 Å². The first kappa shape index (κ1) is 22.4. The van der Waals surface area contributed by atoms with Gasteiger partial charge in [-0.2, -0.15) is 15.8 Å². The van der Waals surface area contributed by atoms with Crippen LogP contribution in [0.25, 0.3) is 0 Å². The van der Waals surface area contributed by atoms with Gasteiger partial charge in [0.25, 0.3) is 0 Å². The minimum atomic E-state index is 0. The SMILES string of the molecule is N#CN(C#N)C#N.[Ba+2].[C-]#N.[C-]#N. The van der Waals surface area contributed by atoms with Crippen LogP contribution in [-0.2, 0) is 0 Å². The van der Waals surface area contributed by atoms with Gasteiger partial charge in [-0.3, -0.25) is 0 Å². The molecule has 0 aromatic heterocycles. The second-order valence-electron chi connectivity index (χ2n) is 0.635. The molecule has 0 radical (unpaired) electrons. The van der Waals surface area contributed by atoms with Crippen LogP contribution >= 0.6 is 0 Å². The largest absolute Gasteiger partial charge is 2.00 e. The van der Waals surface area contributed by atoms with E-state index in [1.807, 2.05) is 0 Å². The summed E-state index contributed by atoms with van der Waals surface area (Å²) in [5, 5.41) is 35.8. The minimum Gasteiger partial charge on any atom is -0.512 e. The van der Waals surface area contributed by atoms with E-state index in [4.69, 9.17) is 39.5 Å². The Morgan fingerprint density at radius 2 is 0.917 bits per heavy atom. The van der Waals surface area contributed by atoms with Gasteiger partial charge in [-0.1, -0.05) is 0 Å². The van der Waals surface area contributed by atoms with Crippen molar-refractivity contribution in [2.75, 3.05) is 0 Å². The van der Waals surface area contributed by atoms with Gasteiger partial charge in [0.2, 0.25) is 18.6 Å². The zero-order chi connectivity index (χ0) is 9.70. The molecule has 0 N–H and O–H groups in total. The number of rotatable bonds is 0. The molecule has 12 heavy (non-hydrogen) atoms. The van der Waals surface area contributed by atoms with Crippen molar-refractivity contribution >= 4 is 48.9 Å². The fourth-order valence-electron chi connectivity index (χ4n) is 0.0671. The topological polar surface area (TPSA) is 122 Å². The van der Waals surface area contributed by atoms with E-state index in [0.29, 0.717) is 4.90 Å². The molecule has 0 saturated carbocycles. The molecule has 0 saturated heterocycles. The smallest absolute Gasteiger partial charge is 0.512 e. The molecule has 0 aliphatic heterocycles. The number of hydrogen-bond acceptors (Lipinski definition) is 6. The summed E-state index contributed by atoms with van der Waals surface area (Å²) in [4.78, 5) is 0.292. The molecule has 0 unspecified atom stereocenters. The van der Waals surface area contributed by atoms with Crippen molar-refractivity contribution in [2.45, 2.75) is 0 Å². The van der Waals surface area contributed by atoms with Crippen molar-refractivity contribution in [2.24, 2.45) is 0 Å². The van der Waals surface area contributed by atoms with E-state index in [-0.39, 0.29) is 48.9 Å². The Bertz CT molecular complexity index is 195. The molecule has 0 aromatic rings. The van der Waals surface area contributed by atoms with Gasteiger partial charge < -0.3 is 23.7 Å². The van der Waals surface area contributed by atoms with Crippen LogP contribution in [0, 0.1) is 58.0 Å². The molecule has 0 aliphatic carbocycles. The molecule has 0 atom stereocenters. The van der Waals surface area contributed by atoms with Gasteiger partial charge in [-0.05, 0) is 0 Å². The molecule has 0 aliphatic rings. The van der Waals surface area contributed by atoms with Crippen LogP contribution in [0.15, 0.2) is 0 Å². The molecule has 0 heterocycles. The number of nitriles is 3. The zero-order valence-electron chi connectivity index (χ0n) is 5.89. The maximum atomic E-state index is 7.76. The third-order valence-electron chi connectivity index (χ3n) is 0.300. The predicted octanol–water partition coefficient (Wildman–Crippen LogP) is -0.456. The van der Waals surface area contributed by atoms with E-state index < -0.39 is 0 Å². The molecule has 52 valence electrons. The fraction of sp³-hybridized carbons (Fsp3) is 0. The third-order valence-corrected chi connectivity index (χ3v) is 0.300. The van der Waals surface area contributed by atoms with Crippen molar-refractivity contribution < 1.29 is 0 Å². The predicted molar refractivity (Wildman–Crippen MR) is 34.4 cm³/mol. The summed E-state index contributed by atoms with van der Waals surface area (Å²) in [6.07, 6.45) is 3.94. The van der Waals surface area contributed by atoms with E-state index in [9.17, 15) is 0 Å². The Kier molecular flexibility index (Phi) is 61.5. The van der Waals surface area contributed by atoms with Crippen LogP contribution in [0.2, 0.25) is 0 Å². The second-order valence-corrected chi connectivity index (χ2v) is 0.635. The summed E-state index contributed by atoms with van der Waals surface area (Å²) < 4.78 is 0. The van der Waals surface area contributed by atoms with Crippen LogP contribution in [0.4, 0.5) is 0 Å². The molecule has 0 spiro atoms. The van der Waals surface area contributed by atoms with Crippen LogP contribution < -0.4 is 0 Å². The monoisotopic (exact) mass is 282 g/mol. The first-order valence-electron chi connectivity index (χ1n) is 1.79. The van der Waals surface area contributed by atoms with Gasteiger partial charge in [0, 0.05) is 0 Å². The van der Waals surface area contributed by atoms with E-state index in [1.165, 1.54) is 18.6 Å². The molecule has 7 heteroatoms. The first-order valence-corrected chi connectivity index (χ1v) is 1.79. The normalized spacial score (nSPS) is 3.08. The average molecular weight is 281 g/mol. The zero-order valence-corrected chi connectivity index (χ0v) is 10.3. The fourth-order valence-corrected chi connectivity index (χ4v) is 0.0671. The van der Waals surface area contributed by atoms with E-state index in [2.05, 4.69) is 0 Å². The van der Waals surface area contributed by atoms with E-state index >= 15 is 0 Å². The average Bonchev–Trinajstić information content (AvgIpc) is 2.14. The number of hydrogen-bond donors (Lipinski definition) is 0.